The molecule has 0 aromatic heterocycles. The molecule has 0 unspecified atom stereocenters. The summed E-state index contributed by atoms with van der Waals surface area (Å²) in [5.74, 6) is -10.0. The molecule has 165 valence electrons. The fraction of sp³-hybridized carbons (Fsp3) is 0.667. The molecule has 0 nitrogen and oxygen atoms in total. The molecule has 0 aliphatic heterocycles. The predicted octanol–water partition coefficient (Wildman–Crippen LogP) is 7.66. The number of rotatable bonds is 6. The molecule has 0 aliphatic carbocycles. The van der Waals surface area contributed by atoms with E-state index in [1.54, 1.807) is 0 Å². The number of hydrogen-bond acceptors (Lipinski definition) is 0. The first-order valence-corrected chi connectivity index (χ1v) is 12.9. The summed E-state index contributed by atoms with van der Waals surface area (Å²) in [5, 5.41) is 0. The van der Waals surface area contributed by atoms with Crippen molar-refractivity contribution in [2.24, 2.45) is 0 Å². The number of halogens is 6. The molecule has 1 aromatic carbocycles. The van der Waals surface area contributed by atoms with Crippen molar-refractivity contribution < 1.29 is 41.5 Å². The van der Waals surface area contributed by atoms with Crippen molar-refractivity contribution in [1.29, 1.82) is 0 Å². The van der Waals surface area contributed by atoms with Crippen molar-refractivity contribution >= 4 is 15.8 Å². The fourth-order valence-electron chi connectivity index (χ4n) is 1.84. The van der Waals surface area contributed by atoms with E-state index in [0.29, 0.717) is 15.8 Å². The van der Waals surface area contributed by atoms with Gasteiger partial charge in [0.15, 0.2) is 0 Å². The van der Waals surface area contributed by atoms with Crippen molar-refractivity contribution in [3.63, 3.8) is 0 Å². The van der Waals surface area contributed by atoms with Gasteiger partial charge in [0.2, 0.25) is 0 Å². The van der Waals surface area contributed by atoms with Crippen LogP contribution in [0.2, 0.25) is 0 Å². The van der Waals surface area contributed by atoms with Crippen molar-refractivity contribution in [1.82, 2.24) is 0 Å². The zero-order valence-corrected chi connectivity index (χ0v) is 19.5. The molecule has 1 rings (SSSR count). The Hall–Kier alpha value is 0.154. The Labute approximate surface area is 171 Å². The van der Waals surface area contributed by atoms with Gasteiger partial charge >= 0.3 is 19.5 Å². The van der Waals surface area contributed by atoms with E-state index in [2.05, 4.69) is 57.5 Å². The summed E-state index contributed by atoms with van der Waals surface area (Å²) in [6, 6.07) is 1.02. The predicted molar refractivity (Wildman–Crippen MR) is 103 cm³/mol. The third-order valence-corrected chi connectivity index (χ3v) is 9.04. The van der Waals surface area contributed by atoms with Crippen LogP contribution in [0.4, 0.5) is 25.6 Å². The van der Waals surface area contributed by atoms with Crippen LogP contribution in [0.3, 0.4) is 0 Å². The van der Waals surface area contributed by atoms with Crippen molar-refractivity contribution in [2.45, 2.75) is 41.5 Å². The summed E-state index contributed by atoms with van der Waals surface area (Å²) in [4.78, 5) is 0. The van der Waals surface area contributed by atoms with Crippen LogP contribution < -0.4 is 0 Å². The van der Waals surface area contributed by atoms with E-state index in [9.17, 15) is 22.0 Å². The molecule has 0 saturated carbocycles. The van der Waals surface area contributed by atoms with Crippen LogP contribution in [0.25, 0.3) is 0 Å². The van der Waals surface area contributed by atoms with E-state index in [4.69, 9.17) is 3.61 Å². The zero-order valence-electron chi connectivity index (χ0n) is 16.7. The van der Waals surface area contributed by atoms with Gasteiger partial charge in [-0.25, -0.2) is 13.2 Å². The monoisotopic (exact) mass is 480 g/mol. The van der Waals surface area contributed by atoms with Gasteiger partial charge in [0, 0.05) is 0 Å². The van der Waals surface area contributed by atoms with Gasteiger partial charge in [0.1, 0.15) is 0 Å². The van der Waals surface area contributed by atoms with Gasteiger partial charge in [-0.15, -0.1) is 21.9 Å². The Morgan fingerprint density at radius 1 is 0.556 bits per heavy atom. The first-order valence-electron chi connectivity index (χ1n) is 8.70. The minimum atomic E-state index is -2.17. The molecule has 0 bridgehead atoms. The van der Waals surface area contributed by atoms with Gasteiger partial charge in [0.05, 0.1) is 29.1 Å². The molecular weight excluding hydrogens is 451 g/mol. The Balaban J connectivity index is -0.000000319. The van der Waals surface area contributed by atoms with Gasteiger partial charge in [-0.1, -0.05) is 41.5 Å². The van der Waals surface area contributed by atoms with Crippen molar-refractivity contribution in [3.8, 4) is 0 Å². The van der Waals surface area contributed by atoms with Crippen LogP contribution in [0.1, 0.15) is 41.5 Å². The van der Waals surface area contributed by atoms with Crippen LogP contribution in [0, 0.1) is 35.2 Å². The first-order chi connectivity index (χ1) is 12.7. The maximum absolute atomic E-state index is 12.0. The maximum atomic E-state index is 12.0. The average molecular weight is 481 g/mol. The molecule has 0 aliphatic rings. The molecule has 1 aromatic rings. The third-order valence-electron chi connectivity index (χ3n) is 3.67. The molecule has 0 saturated heterocycles. The molecule has 9 heteroatoms. The van der Waals surface area contributed by atoms with Crippen LogP contribution in [0.5, 0.6) is 0 Å². The van der Waals surface area contributed by atoms with Gasteiger partial charge < -0.3 is 0 Å². The molecule has 0 spiro atoms. The zero-order chi connectivity index (χ0) is 22.0. The molecule has 0 heterocycles. The summed E-state index contributed by atoms with van der Waals surface area (Å²) < 4.78 is 69.0. The van der Waals surface area contributed by atoms with Gasteiger partial charge in [-0.3, -0.25) is 8.78 Å². The summed E-state index contributed by atoms with van der Waals surface area (Å²) in [6.07, 6.45) is 8.51. The summed E-state index contributed by atoms with van der Waals surface area (Å²) in [7, 11) is 0.892. The van der Waals surface area contributed by atoms with Crippen LogP contribution >= 0.6 is 15.8 Å². The number of hydrogen-bond donors (Lipinski definition) is 0. The van der Waals surface area contributed by atoms with Gasteiger partial charge in [-0.2, -0.15) is 0 Å². The Morgan fingerprint density at radius 2 is 0.778 bits per heavy atom. The Kier molecular flexibility index (Phi) is 24.6. The fourth-order valence-corrected chi connectivity index (χ4v) is 4.52. The van der Waals surface area contributed by atoms with Gasteiger partial charge in [-0.05, 0) is 37.0 Å². The van der Waals surface area contributed by atoms with E-state index < -0.39 is 29.1 Å². The summed E-state index contributed by atoms with van der Waals surface area (Å²) in [6.45, 7) is 13.7. The normalized spacial score (nSPS) is 9.78. The topological polar surface area (TPSA) is 0 Å². The quantitative estimate of drug-likeness (QED) is 0.0978. The number of benzene rings is 1. The Bertz CT molecular complexity index is 420. The second-order valence-corrected chi connectivity index (χ2v) is 11.4. The second kappa shape index (κ2) is 20.9. The van der Waals surface area contributed by atoms with Gasteiger partial charge in [0.25, 0.3) is 0 Å². The minimum absolute atomic E-state index is 0.446. The Morgan fingerprint density at radius 3 is 0.926 bits per heavy atom. The SMILES string of the molecule is CCP(CC)CC.CCP(CC)CC.Fc1[c-]c(F)c(F)c(F)c1F.[F][Ni]. The average Bonchev–Trinajstić information content (AvgIpc) is 2.70. The van der Waals surface area contributed by atoms with Crippen LogP contribution in [-0.2, 0) is 15.9 Å². The molecule has 0 atom stereocenters. The third kappa shape index (κ3) is 14.8. The molecule has 27 heavy (non-hydrogen) atoms. The standard InChI is InChI=1S/C6F5.2C6H15P.FH.Ni/c7-2-1-3(8)5(10)6(11)4(2)9;2*1-4-7(5-2)6-3;;/h;2*4-6H2,1-3H3;1H;/q-1;;;;+1/p-1. The van der Waals surface area contributed by atoms with E-state index in [-0.39, 0.29) is 0 Å². The second-order valence-electron chi connectivity index (χ2n) is 4.93. The molecule has 0 fully saturated rings. The molecule has 0 N–H and O–H groups in total. The molecular formula is C18H30F6NiP2-. The van der Waals surface area contributed by atoms with E-state index in [1.165, 1.54) is 37.0 Å². The van der Waals surface area contributed by atoms with E-state index >= 15 is 0 Å². The van der Waals surface area contributed by atoms with Crippen molar-refractivity contribution in [3.05, 3.63) is 35.2 Å². The van der Waals surface area contributed by atoms with E-state index in [1.807, 2.05) is 0 Å². The van der Waals surface area contributed by atoms with Crippen LogP contribution in [-0.4, -0.2) is 37.0 Å². The van der Waals surface area contributed by atoms with Crippen LogP contribution in [0.15, 0.2) is 0 Å². The summed E-state index contributed by atoms with van der Waals surface area (Å²) in [5.41, 5.74) is 0. The van der Waals surface area contributed by atoms with Crippen molar-refractivity contribution in [2.75, 3.05) is 37.0 Å². The molecule has 0 amide bonds. The summed E-state index contributed by atoms with van der Waals surface area (Å²) >= 11 is 2.38. The van der Waals surface area contributed by atoms with E-state index in [0.717, 1.165) is 6.07 Å². The molecule has 0 radical (unpaired) electrons. The first kappa shape index (κ1) is 31.8.